The maximum Gasteiger partial charge on any atom is 0.170 e. The molecule has 4 heterocycles. The van der Waals surface area contributed by atoms with E-state index in [-0.39, 0.29) is 12.1 Å². The molecule has 1 aliphatic heterocycles. The Bertz CT molecular complexity index is 1190. The monoisotopic (exact) mass is 441 g/mol. The van der Waals surface area contributed by atoms with Gasteiger partial charge < -0.3 is 19.5 Å². The van der Waals surface area contributed by atoms with Crippen LogP contribution in [0.25, 0.3) is 5.82 Å². The first kappa shape index (κ1) is 20.2. The molecule has 1 N–H and O–H groups in total. The zero-order valence-corrected chi connectivity index (χ0v) is 18.4. The van der Waals surface area contributed by atoms with Gasteiger partial charge in [-0.3, -0.25) is 4.98 Å². The van der Waals surface area contributed by atoms with Gasteiger partial charge in [0.1, 0.15) is 11.6 Å². The van der Waals surface area contributed by atoms with Crippen LogP contribution >= 0.6 is 12.2 Å². The van der Waals surface area contributed by atoms with Crippen LogP contribution in [0.2, 0.25) is 0 Å². The number of methoxy groups -OCH3 is 1. The summed E-state index contributed by atoms with van der Waals surface area (Å²) in [6.45, 7) is 0.664. The summed E-state index contributed by atoms with van der Waals surface area (Å²) in [5.41, 5.74) is 3.20. The normalized spacial score (nSPS) is 17.9. The summed E-state index contributed by atoms with van der Waals surface area (Å²) < 4.78 is 7.43. The van der Waals surface area contributed by atoms with Crippen molar-refractivity contribution < 1.29 is 4.74 Å². The van der Waals surface area contributed by atoms with E-state index >= 15 is 0 Å². The second kappa shape index (κ2) is 8.80. The number of nitrogens with zero attached hydrogens (tertiary/aromatic N) is 4. The van der Waals surface area contributed by atoms with Crippen molar-refractivity contribution in [3.05, 3.63) is 108 Å². The molecule has 1 saturated heterocycles. The molecule has 1 fully saturated rings. The van der Waals surface area contributed by atoms with Gasteiger partial charge in [0.15, 0.2) is 5.11 Å². The minimum atomic E-state index is -0.0840. The summed E-state index contributed by atoms with van der Waals surface area (Å²) in [7, 11) is 1.67. The van der Waals surface area contributed by atoms with E-state index in [1.54, 1.807) is 7.11 Å². The van der Waals surface area contributed by atoms with Crippen LogP contribution in [0.5, 0.6) is 5.75 Å². The van der Waals surface area contributed by atoms with Crippen LogP contribution in [0.1, 0.15) is 29.0 Å². The molecule has 0 amide bonds. The average molecular weight is 442 g/mol. The largest absolute Gasteiger partial charge is 0.497 e. The first-order chi connectivity index (χ1) is 15.7. The third kappa shape index (κ3) is 3.83. The molecule has 1 aliphatic rings. The highest BCUT2D eigenvalue weighted by Gasteiger charge is 2.41. The Hall–Kier alpha value is -3.71. The van der Waals surface area contributed by atoms with Crippen molar-refractivity contribution in [2.45, 2.75) is 18.6 Å². The van der Waals surface area contributed by atoms with Gasteiger partial charge in [0, 0.05) is 30.8 Å². The van der Waals surface area contributed by atoms with Gasteiger partial charge in [0.2, 0.25) is 0 Å². The zero-order valence-electron chi connectivity index (χ0n) is 17.6. The number of hydrogen-bond acceptors (Lipinski definition) is 4. The maximum atomic E-state index is 5.81. The first-order valence-corrected chi connectivity index (χ1v) is 10.8. The van der Waals surface area contributed by atoms with Crippen LogP contribution in [-0.4, -0.2) is 31.7 Å². The quantitative estimate of drug-likeness (QED) is 0.446. The molecule has 5 rings (SSSR count). The molecule has 32 heavy (non-hydrogen) atoms. The van der Waals surface area contributed by atoms with Gasteiger partial charge >= 0.3 is 0 Å². The number of benzene rings is 1. The molecule has 0 bridgehead atoms. The summed E-state index contributed by atoms with van der Waals surface area (Å²) >= 11 is 5.81. The molecule has 4 aromatic rings. The lowest BCUT2D eigenvalue weighted by molar-refractivity contribution is 0.302. The number of nitrogens with one attached hydrogen (secondary N) is 1. The van der Waals surface area contributed by atoms with Gasteiger partial charge in [-0.2, -0.15) is 0 Å². The summed E-state index contributed by atoms with van der Waals surface area (Å²) in [6, 6.07) is 24.0. The molecule has 7 heteroatoms. The molecule has 2 atom stereocenters. The van der Waals surface area contributed by atoms with Gasteiger partial charge in [-0.15, -0.1) is 0 Å². The summed E-state index contributed by atoms with van der Waals surface area (Å²) in [5.74, 6) is 1.71. The number of aromatic nitrogens is 3. The first-order valence-electron chi connectivity index (χ1n) is 10.4. The Balaban J connectivity index is 1.57. The second-order valence-electron chi connectivity index (χ2n) is 7.59. The number of hydrogen-bond donors (Lipinski definition) is 1. The average Bonchev–Trinajstić information content (AvgIpc) is 3.45. The minimum Gasteiger partial charge on any atom is -0.497 e. The minimum absolute atomic E-state index is 0.0588. The second-order valence-corrected chi connectivity index (χ2v) is 7.98. The van der Waals surface area contributed by atoms with E-state index in [1.807, 2.05) is 73.2 Å². The summed E-state index contributed by atoms with van der Waals surface area (Å²) in [6.07, 6.45) is 5.67. The summed E-state index contributed by atoms with van der Waals surface area (Å²) in [4.78, 5) is 11.4. The predicted octanol–water partition coefficient (Wildman–Crippen LogP) is 4.45. The molecule has 160 valence electrons. The zero-order chi connectivity index (χ0) is 21.9. The molecule has 2 unspecified atom stereocenters. The van der Waals surface area contributed by atoms with Gasteiger partial charge in [0.05, 0.1) is 24.9 Å². The van der Waals surface area contributed by atoms with Crippen molar-refractivity contribution in [2.75, 3.05) is 7.11 Å². The lowest BCUT2D eigenvalue weighted by Crippen LogP contribution is -2.30. The van der Waals surface area contributed by atoms with Crippen molar-refractivity contribution in [1.82, 2.24) is 24.8 Å². The van der Waals surface area contributed by atoms with Crippen LogP contribution in [0.4, 0.5) is 0 Å². The Kier molecular flexibility index (Phi) is 5.56. The van der Waals surface area contributed by atoms with E-state index < -0.39 is 0 Å². The van der Waals surface area contributed by atoms with E-state index in [2.05, 4.69) is 43.0 Å². The molecule has 0 aliphatic carbocycles. The maximum absolute atomic E-state index is 5.81. The van der Waals surface area contributed by atoms with Crippen LogP contribution in [-0.2, 0) is 6.54 Å². The van der Waals surface area contributed by atoms with E-state index in [4.69, 9.17) is 17.0 Å². The molecular formula is C25H23N5OS. The Labute approximate surface area is 192 Å². The van der Waals surface area contributed by atoms with Gasteiger partial charge in [-0.25, -0.2) is 4.98 Å². The Morgan fingerprint density at radius 3 is 2.41 bits per heavy atom. The van der Waals surface area contributed by atoms with Crippen molar-refractivity contribution in [2.24, 2.45) is 0 Å². The molecule has 0 radical (unpaired) electrons. The Morgan fingerprint density at radius 1 is 0.938 bits per heavy atom. The van der Waals surface area contributed by atoms with E-state index in [0.29, 0.717) is 11.7 Å². The smallest absolute Gasteiger partial charge is 0.170 e. The fraction of sp³-hybridized carbons (Fsp3) is 0.160. The fourth-order valence-corrected chi connectivity index (χ4v) is 4.47. The van der Waals surface area contributed by atoms with Gasteiger partial charge in [0.25, 0.3) is 0 Å². The Morgan fingerprint density at radius 2 is 1.72 bits per heavy atom. The van der Waals surface area contributed by atoms with Crippen molar-refractivity contribution in [1.29, 1.82) is 0 Å². The highest BCUT2D eigenvalue weighted by atomic mass is 32.1. The lowest BCUT2D eigenvalue weighted by atomic mass is 10.0. The van der Waals surface area contributed by atoms with Crippen molar-refractivity contribution in [3.8, 4) is 11.6 Å². The van der Waals surface area contributed by atoms with Gasteiger partial charge in [-0.1, -0.05) is 24.3 Å². The number of pyridine rings is 2. The van der Waals surface area contributed by atoms with Crippen LogP contribution in [0.15, 0.2) is 91.4 Å². The predicted molar refractivity (Wildman–Crippen MR) is 128 cm³/mol. The van der Waals surface area contributed by atoms with Crippen molar-refractivity contribution >= 4 is 17.3 Å². The third-order valence-corrected chi connectivity index (χ3v) is 6.04. The standard InChI is InChI=1S/C25H23N5OS/c1-31-19-12-10-18(11-13-19)17-30-24(23(28-25(30)32)20-7-2-4-14-26-20)21-8-6-16-29(21)22-9-3-5-15-27-22/h2-16,23-24H,17H2,1H3,(H,28,32). The molecule has 3 aromatic heterocycles. The number of rotatable bonds is 6. The topological polar surface area (TPSA) is 55.2 Å². The van der Waals surface area contributed by atoms with Crippen LogP contribution < -0.4 is 10.1 Å². The molecule has 0 spiro atoms. The fourth-order valence-electron chi connectivity index (χ4n) is 4.17. The van der Waals surface area contributed by atoms with E-state index in [9.17, 15) is 0 Å². The summed E-state index contributed by atoms with van der Waals surface area (Å²) in [5, 5.41) is 4.22. The van der Waals surface area contributed by atoms with Crippen molar-refractivity contribution in [3.63, 3.8) is 0 Å². The highest BCUT2D eigenvalue weighted by Crippen LogP contribution is 2.40. The number of ether oxygens (including phenoxy) is 1. The lowest BCUT2D eigenvalue weighted by Gasteiger charge is -2.29. The molecule has 0 saturated carbocycles. The molecule has 1 aromatic carbocycles. The van der Waals surface area contributed by atoms with Crippen LogP contribution in [0, 0.1) is 0 Å². The number of thiocarbonyl (C=S) groups is 1. The van der Waals surface area contributed by atoms with E-state index in [0.717, 1.165) is 28.5 Å². The SMILES string of the molecule is COc1ccc(CN2C(=S)NC(c3ccccn3)C2c2cccn2-c2ccccn2)cc1. The van der Waals surface area contributed by atoms with Gasteiger partial charge in [-0.05, 0) is 66.3 Å². The highest BCUT2D eigenvalue weighted by molar-refractivity contribution is 7.80. The van der Waals surface area contributed by atoms with Crippen LogP contribution in [0.3, 0.4) is 0 Å². The third-order valence-electron chi connectivity index (χ3n) is 5.69. The molecule has 6 nitrogen and oxygen atoms in total. The van der Waals surface area contributed by atoms with E-state index in [1.165, 1.54) is 0 Å². The molecular weight excluding hydrogens is 418 g/mol.